The number of benzene rings is 1. The second kappa shape index (κ2) is 9.74. The van der Waals surface area contributed by atoms with Crippen molar-refractivity contribution in [1.29, 1.82) is 0 Å². The van der Waals surface area contributed by atoms with E-state index >= 15 is 0 Å². The van der Waals surface area contributed by atoms with Gasteiger partial charge in [-0.2, -0.15) is 0 Å². The van der Waals surface area contributed by atoms with Gasteiger partial charge in [-0.1, -0.05) is 26.2 Å². The van der Waals surface area contributed by atoms with E-state index in [1.165, 1.54) is 19.3 Å². The van der Waals surface area contributed by atoms with Gasteiger partial charge in [0.2, 0.25) is 0 Å². The van der Waals surface area contributed by atoms with Crippen LogP contribution in [0.25, 0.3) is 10.9 Å². The van der Waals surface area contributed by atoms with E-state index in [0.717, 1.165) is 50.0 Å². The minimum atomic E-state index is -0.300. The van der Waals surface area contributed by atoms with Crippen molar-refractivity contribution < 1.29 is 9.47 Å². The van der Waals surface area contributed by atoms with Gasteiger partial charge in [-0.05, 0) is 67.3 Å². The van der Waals surface area contributed by atoms with Gasteiger partial charge in [-0.3, -0.25) is 9.69 Å². The SMILES string of the molecule is COc1cc2cc(C(c3nnnn3C3CCCCC3)N3CCC(C)CC3)c(=O)[nH]c2cc1OC. The van der Waals surface area contributed by atoms with Crippen LogP contribution in [0.15, 0.2) is 23.0 Å². The molecule has 9 nitrogen and oxygen atoms in total. The van der Waals surface area contributed by atoms with E-state index in [1.807, 2.05) is 22.9 Å². The Kier molecular flexibility index (Phi) is 6.54. The molecule has 9 heteroatoms. The number of likely N-dealkylation sites (tertiary alicyclic amines) is 1. The summed E-state index contributed by atoms with van der Waals surface area (Å²) in [6.45, 7) is 4.11. The predicted octanol–water partition coefficient (Wildman–Crippen LogP) is 3.86. The largest absolute Gasteiger partial charge is 0.493 e. The van der Waals surface area contributed by atoms with Gasteiger partial charge in [0, 0.05) is 17.0 Å². The molecular weight excluding hydrogens is 432 g/mol. The molecule has 1 atom stereocenters. The van der Waals surface area contributed by atoms with Crippen LogP contribution in [-0.2, 0) is 0 Å². The lowest BCUT2D eigenvalue weighted by Crippen LogP contribution is -2.40. The number of fused-ring (bicyclic) bond motifs is 1. The number of H-pyrrole nitrogens is 1. The van der Waals surface area contributed by atoms with Crippen LogP contribution >= 0.6 is 0 Å². The summed E-state index contributed by atoms with van der Waals surface area (Å²) in [4.78, 5) is 18.9. The zero-order chi connectivity index (χ0) is 23.7. The second-order valence-corrected chi connectivity index (χ2v) is 9.74. The molecule has 34 heavy (non-hydrogen) atoms. The van der Waals surface area contributed by atoms with Crippen LogP contribution in [0.5, 0.6) is 11.5 Å². The topological polar surface area (TPSA) is 98.2 Å². The van der Waals surface area contributed by atoms with Crippen molar-refractivity contribution in [2.75, 3.05) is 27.3 Å². The van der Waals surface area contributed by atoms with E-state index < -0.39 is 0 Å². The molecule has 2 aromatic heterocycles. The Hall–Kier alpha value is -2.94. The van der Waals surface area contributed by atoms with E-state index in [1.54, 1.807) is 14.2 Å². The van der Waals surface area contributed by atoms with Crippen molar-refractivity contribution in [3.05, 3.63) is 39.9 Å². The van der Waals surface area contributed by atoms with Crippen LogP contribution in [-0.4, -0.2) is 57.4 Å². The summed E-state index contributed by atoms with van der Waals surface area (Å²) in [6.07, 6.45) is 7.98. The van der Waals surface area contributed by atoms with Crippen molar-refractivity contribution in [3.63, 3.8) is 0 Å². The highest BCUT2D eigenvalue weighted by Gasteiger charge is 2.34. The number of nitrogens with zero attached hydrogens (tertiary/aromatic N) is 5. The Morgan fingerprint density at radius 1 is 1.00 bits per heavy atom. The molecule has 2 aliphatic rings. The van der Waals surface area contributed by atoms with Crippen molar-refractivity contribution in [1.82, 2.24) is 30.1 Å². The van der Waals surface area contributed by atoms with Crippen LogP contribution in [0.1, 0.15) is 75.3 Å². The monoisotopic (exact) mass is 466 g/mol. The van der Waals surface area contributed by atoms with Crippen molar-refractivity contribution in [2.24, 2.45) is 5.92 Å². The third-order valence-corrected chi connectivity index (χ3v) is 7.54. The Morgan fingerprint density at radius 3 is 2.41 bits per heavy atom. The lowest BCUT2D eigenvalue weighted by molar-refractivity contribution is 0.146. The number of pyridine rings is 1. The molecule has 1 aliphatic carbocycles. The minimum absolute atomic E-state index is 0.124. The molecule has 1 aliphatic heterocycles. The molecule has 0 spiro atoms. The van der Waals surface area contributed by atoms with E-state index in [9.17, 15) is 4.79 Å². The average Bonchev–Trinajstić information content (AvgIpc) is 3.35. The highest BCUT2D eigenvalue weighted by atomic mass is 16.5. The van der Waals surface area contributed by atoms with E-state index in [0.29, 0.717) is 28.5 Å². The van der Waals surface area contributed by atoms with Crippen LogP contribution < -0.4 is 15.0 Å². The van der Waals surface area contributed by atoms with Crippen LogP contribution in [0, 0.1) is 5.92 Å². The second-order valence-electron chi connectivity index (χ2n) is 9.74. The van der Waals surface area contributed by atoms with Crippen molar-refractivity contribution in [2.45, 2.75) is 64.0 Å². The maximum atomic E-state index is 13.5. The number of aromatic amines is 1. The Morgan fingerprint density at radius 2 is 1.71 bits per heavy atom. The van der Waals surface area contributed by atoms with Gasteiger partial charge < -0.3 is 14.5 Å². The van der Waals surface area contributed by atoms with Crippen molar-refractivity contribution >= 4 is 10.9 Å². The first kappa shape index (κ1) is 22.8. The molecule has 1 N–H and O–H groups in total. The summed E-state index contributed by atoms with van der Waals surface area (Å²) in [5.74, 6) is 2.66. The molecule has 3 heterocycles. The van der Waals surface area contributed by atoms with Gasteiger partial charge in [-0.25, -0.2) is 4.68 Å². The van der Waals surface area contributed by atoms with E-state index in [4.69, 9.17) is 9.47 Å². The smallest absolute Gasteiger partial charge is 0.253 e. The van der Waals surface area contributed by atoms with Crippen LogP contribution in [0.2, 0.25) is 0 Å². The molecule has 5 rings (SSSR count). The number of methoxy groups -OCH3 is 2. The quantitative estimate of drug-likeness (QED) is 0.589. The first-order chi connectivity index (χ1) is 16.6. The number of tetrazole rings is 1. The molecule has 1 aromatic carbocycles. The standard InChI is InChI=1S/C25H34N6O3/c1-16-9-11-30(12-10-16)23(24-27-28-29-31(24)18-7-5-4-6-8-18)19-13-17-14-21(33-2)22(34-3)15-20(17)26-25(19)32/h13-16,18,23H,4-12H2,1-3H3,(H,26,32). The summed E-state index contributed by atoms with van der Waals surface area (Å²) in [5, 5.41) is 13.9. The highest BCUT2D eigenvalue weighted by molar-refractivity contribution is 5.83. The molecule has 2 fully saturated rings. The molecule has 3 aromatic rings. The fourth-order valence-electron chi connectivity index (χ4n) is 5.51. The fourth-order valence-corrected chi connectivity index (χ4v) is 5.51. The molecule has 182 valence electrons. The summed E-state index contributed by atoms with van der Waals surface area (Å²) < 4.78 is 12.9. The number of hydrogen-bond acceptors (Lipinski definition) is 7. The van der Waals surface area contributed by atoms with Crippen LogP contribution in [0.3, 0.4) is 0 Å². The summed E-state index contributed by atoms with van der Waals surface area (Å²) in [6, 6.07) is 5.67. The first-order valence-corrected chi connectivity index (χ1v) is 12.4. The van der Waals surface area contributed by atoms with Crippen molar-refractivity contribution in [3.8, 4) is 11.5 Å². The van der Waals surface area contributed by atoms with Gasteiger partial charge in [0.05, 0.1) is 25.8 Å². The number of ether oxygens (including phenoxy) is 2. The molecule has 0 radical (unpaired) electrons. The molecular formula is C25H34N6O3. The van der Waals surface area contributed by atoms with Gasteiger partial charge in [0.15, 0.2) is 17.3 Å². The zero-order valence-electron chi connectivity index (χ0n) is 20.3. The number of nitrogens with one attached hydrogen (secondary N) is 1. The summed E-state index contributed by atoms with van der Waals surface area (Å²) >= 11 is 0. The third-order valence-electron chi connectivity index (χ3n) is 7.54. The van der Waals surface area contributed by atoms with Gasteiger partial charge in [0.1, 0.15) is 6.04 Å². The number of hydrogen-bond donors (Lipinski definition) is 1. The predicted molar refractivity (Wildman–Crippen MR) is 129 cm³/mol. The summed E-state index contributed by atoms with van der Waals surface area (Å²) in [7, 11) is 3.21. The number of rotatable bonds is 6. The lowest BCUT2D eigenvalue weighted by Gasteiger charge is -2.36. The number of piperidine rings is 1. The van der Waals surface area contributed by atoms with Crippen LogP contribution in [0.4, 0.5) is 0 Å². The average molecular weight is 467 g/mol. The molecule has 1 saturated heterocycles. The highest BCUT2D eigenvalue weighted by Crippen LogP contribution is 2.36. The lowest BCUT2D eigenvalue weighted by atomic mass is 9.93. The molecule has 1 saturated carbocycles. The summed E-state index contributed by atoms with van der Waals surface area (Å²) in [5.41, 5.74) is 1.26. The third kappa shape index (κ3) is 4.29. The Balaban J connectivity index is 1.63. The maximum absolute atomic E-state index is 13.5. The van der Waals surface area contributed by atoms with Gasteiger partial charge in [-0.15, -0.1) is 5.10 Å². The van der Waals surface area contributed by atoms with E-state index in [-0.39, 0.29) is 17.6 Å². The molecule has 1 unspecified atom stereocenters. The first-order valence-electron chi connectivity index (χ1n) is 12.4. The van der Waals surface area contributed by atoms with E-state index in [2.05, 4.69) is 32.3 Å². The number of aromatic nitrogens is 5. The normalized spacial score (nSPS) is 19.4. The maximum Gasteiger partial charge on any atom is 0.253 e. The molecule has 0 amide bonds. The fraction of sp³-hybridized carbons (Fsp3) is 0.600. The zero-order valence-corrected chi connectivity index (χ0v) is 20.3. The molecule has 0 bridgehead atoms. The van der Waals surface area contributed by atoms with Gasteiger partial charge in [0.25, 0.3) is 5.56 Å². The Labute approximate surface area is 199 Å². The minimum Gasteiger partial charge on any atom is -0.493 e. The Bertz CT molecular complexity index is 1190. The van der Waals surface area contributed by atoms with Gasteiger partial charge >= 0.3 is 0 Å².